The zero-order valence-corrected chi connectivity index (χ0v) is 21.0. The Morgan fingerprint density at radius 2 is 2.00 bits per heavy atom. The molecular weight excluding hydrogens is 440 g/mol. The summed E-state index contributed by atoms with van der Waals surface area (Å²) >= 11 is 1.61. The van der Waals surface area contributed by atoms with Gasteiger partial charge >= 0.3 is 5.97 Å². The molecule has 0 spiro atoms. The number of methoxy groups -OCH3 is 1. The summed E-state index contributed by atoms with van der Waals surface area (Å²) in [6.07, 6.45) is 3.95. The second kappa shape index (κ2) is 12.0. The Hall–Kier alpha value is -2.68. The molecule has 1 unspecified atom stereocenters. The van der Waals surface area contributed by atoms with Crippen LogP contribution in [0, 0.1) is 0 Å². The molecule has 33 heavy (non-hydrogen) atoms. The lowest BCUT2D eigenvalue weighted by atomic mass is 9.94. The van der Waals surface area contributed by atoms with E-state index in [0.717, 1.165) is 37.0 Å². The first-order valence-electron chi connectivity index (χ1n) is 11.6. The molecule has 9 heteroatoms. The van der Waals surface area contributed by atoms with Crippen LogP contribution in [0.1, 0.15) is 65.0 Å². The van der Waals surface area contributed by atoms with Crippen molar-refractivity contribution in [3.8, 4) is 11.5 Å². The highest BCUT2D eigenvalue weighted by atomic mass is 32.2. The lowest BCUT2D eigenvalue weighted by molar-refractivity contribution is -0.139. The molecule has 2 aromatic rings. The van der Waals surface area contributed by atoms with Crippen LogP contribution in [0.25, 0.3) is 0 Å². The number of nitrogens with one attached hydrogen (secondary N) is 1. The van der Waals surface area contributed by atoms with E-state index >= 15 is 0 Å². The van der Waals surface area contributed by atoms with Crippen molar-refractivity contribution in [2.45, 2.75) is 64.6 Å². The maximum atomic E-state index is 13.3. The molecule has 0 saturated carbocycles. The fourth-order valence-corrected chi connectivity index (χ4v) is 4.56. The molecule has 0 radical (unpaired) electrons. The van der Waals surface area contributed by atoms with Crippen LogP contribution in [0.4, 0.5) is 5.95 Å². The van der Waals surface area contributed by atoms with Crippen molar-refractivity contribution in [1.29, 1.82) is 0 Å². The molecule has 1 aromatic heterocycles. The van der Waals surface area contributed by atoms with Crippen LogP contribution >= 0.6 is 11.8 Å². The number of esters is 1. The molecule has 0 amide bonds. The number of benzene rings is 1. The fraction of sp³-hybridized carbons (Fsp3) is 0.542. The number of unbranched alkanes of at least 4 members (excludes halogenated alkanes) is 2. The number of thioether (sulfide) groups is 1. The number of nitrogens with zero attached hydrogens (tertiary/aromatic N) is 3. The Kier molecular flexibility index (Phi) is 9.05. The van der Waals surface area contributed by atoms with Crippen molar-refractivity contribution >= 4 is 23.7 Å². The molecular formula is C24H34N4O4S. The number of ether oxygens (including phenoxy) is 3. The first-order chi connectivity index (χ1) is 16.0. The smallest absolute Gasteiger partial charge is 0.338 e. The van der Waals surface area contributed by atoms with Crippen LogP contribution in [0.15, 0.2) is 34.6 Å². The highest BCUT2D eigenvalue weighted by Gasteiger charge is 2.37. The van der Waals surface area contributed by atoms with Crippen LogP contribution in [0.3, 0.4) is 0 Å². The molecule has 1 N–H and O–H groups in total. The highest BCUT2D eigenvalue weighted by Crippen LogP contribution is 2.43. The van der Waals surface area contributed by atoms with Gasteiger partial charge in [0, 0.05) is 17.0 Å². The fourth-order valence-electron chi connectivity index (χ4n) is 3.65. The third kappa shape index (κ3) is 5.63. The zero-order chi connectivity index (χ0) is 23.8. The summed E-state index contributed by atoms with van der Waals surface area (Å²) in [6, 6.07) is 5.12. The maximum absolute atomic E-state index is 13.3. The number of fused-ring (bicyclic) bond motifs is 1. The molecule has 0 bridgehead atoms. The number of para-hydroxylation sites is 1. The Bertz CT molecular complexity index is 989. The topological polar surface area (TPSA) is 87.5 Å². The average Bonchev–Trinajstić information content (AvgIpc) is 3.21. The van der Waals surface area contributed by atoms with Gasteiger partial charge in [0.05, 0.1) is 25.9 Å². The summed E-state index contributed by atoms with van der Waals surface area (Å²) in [4.78, 5) is 17.9. The molecule has 1 aliphatic heterocycles. The summed E-state index contributed by atoms with van der Waals surface area (Å²) in [5.74, 6) is 2.34. The minimum Gasteiger partial charge on any atom is -0.493 e. The predicted molar refractivity (Wildman–Crippen MR) is 130 cm³/mol. The Morgan fingerprint density at radius 1 is 1.21 bits per heavy atom. The average molecular weight is 475 g/mol. The number of carbonyl (C=O) groups excluding carboxylic acids is 1. The van der Waals surface area contributed by atoms with E-state index in [1.807, 2.05) is 32.0 Å². The molecule has 3 rings (SSSR count). The van der Waals surface area contributed by atoms with Crippen molar-refractivity contribution in [1.82, 2.24) is 14.8 Å². The lowest BCUT2D eigenvalue weighted by Crippen LogP contribution is -2.30. The standard InChI is InChI=1S/C24H34N4O4S/c1-6-9-14-32-22(29)19-16(4)25-23-26-24(33-15-10-7-2)27-28(23)20(19)17-12-11-13-18(30-5)21(17)31-8-3/h11-13,20H,6-10,14-15H2,1-5H3,(H,25,26,27). The van der Waals surface area contributed by atoms with Gasteiger partial charge in [-0.2, -0.15) is 4.98 Å². The zero-order valence-electron chi connectivity index (χ0n) is 20.1. The third-order valence-electron chi connectivity index (χ3n) is 5.33. The number of hydrogen-bond acceptors (Lipinski definition) is 8. The quantitative estimate of drug-likeness (QED) is 0.255. The lowest BCUT2D eigenvalue weighted by Gasteiger charge is -2.29. The number of aromatic nitrogens is 3. The van der Waals surface area contributed by atoms with Crippen LogP contribution in [0.2, 0.25) is 0 Å². The van der Waals surface area contributed by atoms with Crippen LogP contribution in [0.5, 0.6) is 11.5 Å². The minimum absolute atomic E-state index is 0.370. The molecule has 8 nitrogen and oxygen atoms in total. The monoisotopic (exact) mass is 474 g/mol. The number of allylic oxidation sites excluding steroid dienone is 1. The summed E-state index contributed by atoms with van der Waals surface area (Å²) in [6.45, 7) is 8.84. The van der Waals surface area contributed by atoms with Crippen molar-refractivity contribution < 1.29 is 19.0 Å². The van der Waals surface area contributed by atoms with E-state index in [2.05, 4.69) is 24.1 Å². The van der Waals surface area contributed by atoms with Gasteiger partial charge in [-0.3, -0.25) is 0 Å². The van der Waals surface area contributed by atoms with Crippen LogP contribution in [-0.4, -0.2) is 46.8 Å². The molecule has 0 fully saturated rings. The molecule has 0 saturated heterocycles. The molecule has 180 valence electrons. The van der Waals surface area contributed by atoms with Crippen molar-refractivity contribution in [3.05, 3.63) is 35.0 Å². The third-order valence-corrected chi connectivity index (χ3v) is 6.25. The Balaban J connectivity index is 2.10. The van der Waals surface area contributed by atoms with Gasteiger partial charge in [-0.05, 0) is 32.8 Å². The van der Waals surface area contributed by atoms with E-state index in [9.17, 15) is 4.79 Å². The molecule has 1 aliphatic rings. The van der Waals surface area contributed by atoms with E-state index in [1.54, 1.807) is 23.6 Å². The van der Waals surface area contributed by atoms with Gasteiger partial charge < -0.3 is 19.5 Å². The van der Waals surface area contributed by atoms with Gasteiger partial charge in [0.25, 0.3) is 0 Å². The van der Waals surface area contributed by atoms with E-state index in [-0.39, 0.29) is 5.97 Å². The van der Waals surface area contributed by atoms with Crippen LogP contribution < -0.4 is 14.8 Å². The minimum atomic E-state index is -0.556. The summed E-state index contributed by atoms with van der Waals surface area (Å²) in [5, 5.41) is 8.69. The molecule has 1 atom stereocenters. The van der Waals surface area contributed by atoms with Gasteiger partial charge in [-0.15, -0.1) is 5.10 Å². The molecule has 1 aromatic carbocycles. The van der Waals surface area contributed by atoms with E-state index in [0.29, 0.717) is 47.1 Å². The van der Waals surface area contributed by atoms with Gasteiger partial charge in [-0.1, -0.05) is 50.6 Å². The van der Waals surface area contributed by atoms with Crippen LogP contribution in [-0.2, 0) is 9.53 Å². The first-order valence-corrected chi connectivity index (χ1v) is 12.6. The molecule has 0 aliphatic carbocycles. The molecule has 2 heterocycles. The van der Waals surface area contributed by atoms with Gasteiger partial charge in [-0.25, -0.2) is 9.48 Å². The Labute approximate surface area is 200 Å². The normalized spacial score (nSPS) is 15.1. The van der Waals surface area contributed by atoms with E-state index in [4.69, 9.17) is 19.3 Å². The highest BCUT2D eigenvalue weighted by molar-refractivity contribution is 7.99. The van der Waals surface area contributed by atoms with Crippen molar-refractivity contribution in [3.63, 3.8) is 0 Å². The summed E-state index contributed by atoms with van der Waals surface area (Å²) in [5.41, 5.74) is 1.95. The number of anilines is 1. The first kappa shape index (κ1) is 25.0. The largest absolute Gasteiger partial charge is 0.493 e. The summed E-state index contributed by atoms with van der Waals surface area (Å²) in [7, 11) is 1.61. The Morgan fingerprint density at radius 3 is 2.70 bits per heavy atom. The predicted octanol–water partition coefficient (Wildman–Crippen LogP) is 5.21. The summed E-state index contributed by atoms with van der Waals surface area (Å²) < 4.78 is 18.9. The SMILES string of the molecule is CCCCOC(=O)C1=C(C)Nc2nc(SCCCC)nn2C1c1cccc(OC)c1OCC. The van der Waals surface area contributed by atoms with Gasteiger partial charge in [0.15, 0.2) is 11.5 Å². The van der Waals surface area contributed by atoms with Crippen molar-refractivity contribution in [2.24, 2.45) is 0 Å². The van der Waals surface area contributed by atoms with Gasteiger partial charge in [0.2, 0.25) is 11.1 Å². The number of rotatable bonds is 12. The number of hydrogen-bond donors (Lipinski definition) is 1. The maximum Gasteiger partial charge on any atom is 0.338 e. The van der Waals surface area contributed by atoms with Gasteiger partial charge in [0.1, 0.15) is 6.04 Å². The van der Waals surface area contributed by atoms with E-state index < -0.39 is 6.04 Å². The second-order valence-electron chi connectivity index (χ2n) is 7.73. The van der Waals surface area contributed by atoms with E-state index in [1.165, 1.54) is 0 Å². The second-order valence-corrected chi connectivity index (χ2v) is 8.79. The number of carbonyl (C=O) groups is 1. The van der Waals surface area contributed by atoms with Crippen molar-refractivity contribution in [2.75, 3.05) is 31.4 Å².